The molecule has 2 atom stereocenters. The van der Waals surface area contributed by atoms with Gasteiger partial charge in [-0.2, -0.15) is 4.31 Å². The van der Waals surface area contributed by atoms with E-state index in [0.29, 0.717) is 12.8 Å². The summed E-state index contributed by atoms with van der Waals surface area (Å²) in [5.74, 6) is -2.63. The normalized spacial score (nSPS) is 20.6. The van der Waals surface area contributed by atoms with Crippen LogP contribution in [-0.4, -0.2) is 42.9 Å². The predicted molar refractivity (Wildman–Crippen MR) is 109 cm³/mol. The van der Waals surface area contributed by atoms with Crippen LogP contribution in [0.1, 0.15) is 30.1 Å². The van der Waals surface area contributed by atoms with Gasteiger partial charge in [-0.25, -0.2) is 17.2 Å². The Balaban J connectivity index is 1.88. The molecule has 162 valence electrons. The van der Waals surface area contributed by atoms with Gasteiger partial charge in [-0.3, -0.25) is 4.79 Å². The lowest BCUT2D eigenvalue weighted by Gasteiger charge is -2.23. The van der Waals surface area contributed by atoms with Gasteiger partial charge in [0.05, 0.1) is 11.1 Å². The molecule has 1 heterocycles. The quantitative estimate of drug-likeness (QED) is 0.732. The monoisotopic (exact) mass is 458 g/mol. The van der Waals surface area contributed by atoms with Crippen LogP contribution in [0.25, 0.3) is 0 Å². The van der Waals surface area contributed by atoms with Crippen LogP contribution in [0.5, 0.6) is 0 Å². The van der Waals surface area contributed by atoms with Crippen molar-refractivity contribution in [1.82, 2.24) is 4.31 Å². The molecule has 1 aliphatic heterocycles. The fourth-order valence-corrected chi connectivity index (χ4v) is 5.12. The molecule has 0 bridgehead atoms. The number of hydrogen-bond acceptors (Lipinski definition) is 4. The van der Waals surface area contributed by atoms with E-state index in [0.717, 1.165) is 28.6 Å². The first kappa shape index (κ1) is 22.6. The highest BCUT2D eigenvalue weighted by Gasteiger charge is 2.33. The molecule has 2 unspecified atom stereocenters. The summed E-state index contributed by atoms with van der Waals surface area (Å²) in [6.45, 7) is 1.92. The Labute approximate surface area is 178 Å². The van der Waals surface area contributed by atoms with Gasteiger partial charge >= 0.3 is 0 Å². The van der Waals surface area contributed by atoms with Crippen LogP contribution in [0.15, 0.2) is 41.3 Å². The summed E-state index contributed by atoms with van der Waals surface area (Å²) in [4.78, 5) is 11.9. The summed E-state index contributed by atoms with van der Waals surface area (Å²) in [7, 11) is -4.22. The molecule has 2 aromatic rings. The van der Waals surface area contributed by atoms with E-state index >= 15 is 0 Å². The smallest absolute Gasteiger partial charge is 0.255 e. The van der Waals surface area contributed by atoms with E-state index < -0.39 is 38.6 Å². The maximum atomic E-state index is 14.4. The average molecular weight is 459 g/mol. The second kappa shape index (κ2) is 8.97. The Morgan fingerprint density at radius 3 is 2.60 bits per heavy atom. The van der Waals surface area contributed by atoms with E-state index in [1.165, 1.54) is 12.1 Å². The topological polar surface area (TPSA) is 86.7 Å². The van der Waals surface area contributed by atoms with E-state index in [9.17, 15) is 27.1 Å². The zero-order valence-corrected chi connectivity index (χ0v) is 17.7. The number of nitrogens with one attached hydrogen (secondary N) is 1. The van der Waals surface area contributed by atoms with Crippen LogP contribution < -0.4 is 5.32 Å². The molecule has 0 radical (unpaired) electrons. The number of nitrogens with zero attached hydrogens (tertiary/aromatic N) is 1. The number of sulfonamides is 1. The fraction of sp³-hybridized carbons (Fsp3) is 0.350. The summed E-state index contributed by atoms with van der Waals surface area (Å²) >= 11 is 5.69. The molecule has 0 saturated carbocycles. The van der Waals surface area contributed by atoms with Crippen molar-refractivity contribution in [3.63, 3.8) is 0 Å². The van der Waals surface area contributed by atoms with Gasteiger partial charge in [-0.1, -0.05) is 18.5 Å². The van der Waals surface area contributed by atoms with Gasteiger partial charge in [0, 0.05) is 24.3 Å². The van der Waals surface area contributed by atoms with Crippen molar-refractivity contribution in [2.24, 2.45) is 5.92 Å². The Morgan fingerprint density at radius 2 is 1.90 bits per heavy atom. The minimum atomic E-state index is -4.22. The van der Waals surface area contributed by atoms with Crippen LogP contribution in [0.2, 0.25) is 5.02 Å². The molecule has 6 nitrogen and oxygen atoms in total. The van der Waals surface area contributed by atoms with Crippen LogP contribution in [0, 0.1) is 17.6 Å². The number of halogens is 3. The third-order valence-corrected chi connectivity index (χ3v) is 7.21. The summed E-state index contributed by atoms with van der Waals surface area (Å²) in [5.41, 5.74) is 0.119. The van der Waals surface area contributed by atoms with Gasteiger partial charge in [-0.15, -0.1) is 0 Å². The minimum Gasteiger partial charge on any atom is -0.393 e. The Bertz CT molecular complexity index is 1060. The molecule has 0 aliphatic carbocycles. The maximum Gasteiger partial charge on any atom is 0.255 e. The zero-order chi connectivity index (χ0) is 22.1. The highest BCUT2D eigenvalue weighted by Crippen LogP contribution is 2.26. The minimum absolute atomic E-state index is 0.0491. The molecule has 1 aliphatic rings. The Morgan fingerprint density at radius 1 is 1.20 bits per heavy atom. The summed E-state index contributed by atoms with van der Waals surface area (Å²) < 4.78 is 54.9. The molecular weight excluding hydrogens is 438 g/mol. The van der Waals surface area contributed by atoms with Crippen LogP contribution >= 0.6 is 11.6 Å². The standard InChI is InChI=1S/C20H21ClF2N2O4S/c1-12-11-25(8-2-3-18(12)26)30(28,29)19-9-13(4-6-17(19)23)20(27)24-14-5-7-16(22)15(21)10-14/h4-7,9-10,12,18,26H,2-3,8,11H2,1H3,(H,24,27). The summed E-state index contributed by atoms with van der Waals surface area (Å²) in [5, 5.41) is 12.3. The van der Waals surface area contributed by atoms with Gasteiger partial charge in [0.2, 0.25) is 10.0 Å². The molecule has 0 spiro atoms. The van der Waals surface area contributed by atoms with E-state index in [1.807, 2.05) is 0 Å². The van der Waals surface area contributed by atoms with Crippen LogP contribution in [0.4, 0.5) is 14.5 Å². The Hall–Kier alpha value is -2.07. The second-order valence-corrected chi connectivity index (χ2v) is 9.59. The van der Waals surface area contributed by atoms with Gasteiger partial charge in [0.1, 0.15) is 16.5 Å². The first-order valence-corrected chi connectivity index (χ1v) is 11.2. The maximum absolute atomic E-state index is 14.4. The largest absolute Gasteiger partial charge is 0.393 e. The summed E-state index contributed by atoms with van der Waals surface area (Å²) in [6, 6.07) is 6.62. The van der Waals surface area contributed by atoms with Crippen molar-refractivity contribution in [2.75, 3.05) is 18.4 Å². The SMILES string of the molecule is CC1CN(S(=O)(=O)c2cc(C(=O)Nc3ccc(F)c(Cl)c3)ccc2F)CCCC1O. The number of benzene rings is 2. The number of aliphatic hydroxyl groups is 1. The molecule has 1 fully saturated rings. The molecular formula is C20H21ClF2N2O4S. The molecule has 1 amide bonds. The third-order valence-electron chi connectivity index (χ3n) is 5.04. The number of rotatable bonds is 4. The van der Waals surface area contributed by atoms with Gasteiger partial charge in [0.15, 0.2) is 0 Å². The molecule has 2 N–H and O–H groups in total. The first-order chi connectivity index (χ1) is 14.1. The Kier molecular flexibility index (Phi) is 6.76. The van der Waals surface area contributed by atoms with Crippen LogP contribution in [0.3, 0.4) is 0 Å². The number of anilines is 1. The summed E-state index contributed by atoms with van der Waals surface area (Å²) in [6.07, 6.45) is 0.269. The number of aliphatic hydroxyl groups excluding tert-OH is 1. The van der Waals surface area contributed by atoms with Crippen molar-refractivity contribution < 1.29 is 27.1 Å². The number of hydrogen-bond donors (Lipinski definition) is 2. The van der Waals surface area contributed by atoms with E-state index in [2.05, 4.69) is 5.32 Å². The molecule has 30 heavy (non-hydrogen) atoms. The van der Waals surface area contributed by atoms with E-state index in [4.69, 9.17) is 11.6 Å². The van der Waals surface area contributed by atoms with Crippen molar-refractivity contribution in [3.8, 4) is 0 Å². The lowest BCUT2D eigenvalue weighted by Crippen LogP contribution is -2.36. The fourth-order valence-electron chi connectivity index (χ4n) is 3.27. The zero-order valence-electron chi connectivity index (χ0n) is 16.1. The van der Waals surface area contributed by atoms with E-state index in [-0.39, 0.29) is 35.3 Å². The molecule has 2 aromatic carbocycles. The molecule has 0 aromatic heterocycles. The number of amides is 1. The van der Waals surface area contributed by atoms with Crippen molar-refractivity contribution in [2.45, 2.75) is 30.8 Å². The predicted octanol–water partition coefficient (Wildman–Crippen LogP) is 3.65. The van der Waals surface area contributed by atoms with Crippen LogP contribution in [-0.2, 0) is 10.0 Å². The average Bonchev–Trinajstić information content (AvgIpc) is 2.86. The molecule has 3 rings (SSSR count). The highest BCUT2D eigenvalue weighted by atomic mass is 35.5. The highest BCUT2D eigenvalue weighted by molar-refractivity contribution is 7.89. The van der Waals surface area contributed by atoms with Crippen molar-refractivity contribution in [1.29, 1.82) is 0 Å². The van der Waals surface area contributed by atoms with Gasteiger partial charge in [-0.05, 0) is 55.2 Å². The molecule has 10 heteroatoms. The van der Waals surface area contributed by atoms with E-state index in [1.54, 1.807) is 6.92 Å². The van der Waals surface area contributed by atoms with Gasteiger partial charge < -0.3 is 10.4 Å². The molecule has 1 saturated heterocycles. The number of carbonyl (C=O) groups excluding carboxylic acids is 1. The third kappa shape index (κ3) is 4.80. The van der Waals surface area contributed by atoms with Gasteiger partial charge in [0.25, 0.3) is 5.91 Å². The lowest BCUT2D eigenvalue weighted by atomic mass is 10.0. The first-order valence-electron chi connectivity index (χ1n) is 9.34. The van der Waals surface area contributed by atoms with Crippen molar-refractivity contribution >= 4 is 33.2 Å². The number of carbonyl (C=O) groups is 1. The van der Waals surface area contributed by atoms with Crippen molar-refractivity contribution in [3.05, 3.63) is 58.6 Å². The lowest BCUT2D eigenvalue weighted by molar-refractivity contribution is 0.102. The second-order valence-electron chi connectivity index (χ2n) is 7.28.